The highest BCUT2D eigenvalue weighted by Crippen LogP contribution is 2.41. The van der Waals surface area contributed by atoms with Crippen molar-refractivity contribution in [1.82, 2.24) is 10.3 Å². The zero-order valence-electron chi connectivity index (χ0n) is 11.3. The largest absolute Gasteiger partial charge is 0.361 e. The van der Waals surface area contributed by atoms with Crippen molar-refractivity contribution in [2.24, 2.45) is 0 Å². The summed E-state index contributed by atoms with van der Waals surface area (Å²) >= 11 is 0. The van der Waals surface area contributed by atoms with Crippen LogP contribution in [0.25, 0.3) is 10.9 Å². The van der Waals surface area contributed by atoms with E-state index in [0.29, 0.717) is 18.6 Å². The Balaban J connectivity index is 2.07. The SMILES string of the molecule is CNCC1(c2c[nH]c3ccccc23)CCC(=O)CC1. The summed E-state index contributed by atoms with van der Waals surface area (Å²) in [6.07, 6.45) is 5.46. The molecular weight excluding hydrogens is 236 g/mol. The number of rotatable bonds is 3. The first-order valence-electron chi connectivity index (χ1n) is 6.98. The number of aromatic nitrogens is 1. The molecule has 1 fully saturated rings. The minimum Gasteiger partial charge on any atom is -0.361 e. The van der Waals surface area contributed by atoms with Crippen LogP contribution in [0.15, 0.2) is 30.5 Å². The summed E-state index contributed by atoms with van der Waals surface area (Å²) in [5.41, 5.74) is 2.65. The number of nitrogens with one attached hydrogen (secondary N) is 2. The van der Waals surface area contributed by atoms with Gasteiger partial charge in [-0.1, -0.05) is 18.2 Å². The van der Waals surface area contributed by atoms with Crippen molar-refractivity contribution < 1.29 is 4.79 Å². The summed E-state index contributed by atoms with van der Waals surface area (Å²) in [4.78, 5) is 14.9. The Morgan fingerprint density at radius 2 is 2.00 bits per heavy atom. The number of hydrogen-bond acceptors (Lipinski definition) is 2. The molecule has 3 nitrogen and oxygen atoms in total. The molecule has 0 spiro atoms. The molecule has 0 bridgehead atoms. The first kappa shape index (κ1) is 12.4. The van der Waals surface area contributed by atoms with E-state index in [1.165, 1.54) is 16.5 Å². The fraction of sp³-hybridized carbons (Fsp3) is 0.438. The molecule has 19 heavy (non-hydrogen) atoms. The van der Waals surface area contributed by atoms with Gasteiger partial charge in [0.15, 0.2) is 0 Å². The third kappa shape index (κ3) is 2.08. The number of fused-ring (bicyclic) bond motifs is 1. The molecule has 0 radical (unpaired) electrons. The fourth-order valence-electron chi connectivity index (χ4n) is 3.40. The lowest BCUT2D eigenvalue weighted by Crippen LogP contribution is -2.40. The van der Waals surface area contributed by atoms with Crippen molar-refractivity contribution in [3.05, 3.63) is 36.0 Å². The first-order chi connectivity index (χ1) is 9.25. The maximum absolute atomic E-state index is 11.6. The molecule has 0 aliphatic heterocycles. The zero-order valence-corrected chi connectivity index (χ0v) is 11.3. The number of benzene rings is 1. The number of Topliss-reactive ketones (excluding diaryl/α,β-unsaturated/α-hetero) is 1. The molecule has 0 amide bonds. The number of ketones is 1. The highest BCUT2D eigenvalue weighted by molar-refractivity contribution is 5.85. The molecule has 1 aromatic heterocycles. The standard InChI is InChI=1S/C16H20N2O/c1-17-11-16(8-6-12(19)7-9-16)14-10-18-15-5-3-2-4-13(14)15/h2-5,10,17-18H,6-9,11H2,1H3. The molecule has 0 atom stereocenters. The number of H-pyrrole nitrogens is 1. The van der Waals surface area contributed by atoms with Gasteiger partial charge in [-0.2, -0.15) is 0 Å². The lowest BCUT2D eigenvalue weighted by molar-refractivity contribution is -0.121. The van der Waals surface area contributed by atoms with Gasteiger partial charge >= 0.3 is 0 Å². The van der Waals surface area contributed by atoms with Gasteiger partial charge in [0.25, 0.3) is 0 Å². The lowest BCUT2D eigenvalue weighted by atomic mass is 9.69. The van der Waals surface area contributed by atoms with Crippen LogP contribution in [0.1, 0.15) is 31.2 Å². The monoisotopic (exact) mass is 256 g/mol. The summed E-state index contributed by atoms with van der Waals surface area (Å²) < 4.78 is 0. The highest BCUT2D eigenvalue weighted by Gasteiger charge is 2.37. The van der Waals surface area contributed by atoms with Crippen LogP contribution in [0.4, 0.5) is 0 Å². The molecule has 3 rings (SSSR count). The smallest absolute Gasteiger partial charge is 0.132 e. The van der Waals surface area contributed by atoms with Gasteiger partial charge in [0.05, 0.1) is 0 Å². The Kier molecular flexibility index (Phi) is 3.15. The molecule has 1 aliphatic carbocycles. The van der Waals surface area contributed by atoms with Crippen molar-refractivity contribution in [2.45, 2.75) is 31.1 Å². The van der Waals surface area contributed by atoms with Crippen LogP contribution in [0, 0.1) is 0 Å². The Labute approximate surface area is 113 Å². The van der Waals surface area contributed by atoms with E-state index in [1.54, 1.807) is 0 Å². The van der Waals surface area contributed by atoms with Gasteiger partial charge in [0.1, 0.15) is 5.78 Å². The molecule has 2 aromatic rings. The summed E-state index contributed by atoms with van der Waals surface area (Å²) in [6, 6.07) is 8.42. The topological polar surface area (TPSA) is 44.9 Å². The van der Waals surface area contributed by atoms with Crippen LogP contribution in [0.2, 0.25) is 0 Å². The predicted octanol–water partition coefficient (Wildman–Crippen LogP) is 2.77. The van der Waals surface area contributed by atoms with Gasteiger partial charge in [-0.25, -0.2) is 0 Å². The molecule has 0 unspecified atom stereocenters. The second kappa shape index (κ2) is 4.82. The number of hydrogen-bond donors (Lipinski definition) is 2. The Bertz CT molecular complexity index is 590. The van der Waals surface area contributed by atoms with E-state index in [4.69, 9.17) is 0 Å². The number of aromatic amines is 1. The molecule has 1 heterocycles. The van der Waals surface area contributed by atoms with Crippen LogP contribution in [-0.2, 0) is 10.2 Å². The second-order valence-corrected chi connectivity index (χ2v) is 5.60. The van der Waals surface area contributed by atoms with Crippen LogP contribution in [0.5, 0.6) is 0 Å². The van der Waals surface area contributed by atoms with Gasteiger partial charge in [-0.15, -0.1) is 0 Å². The van der Waals surface area contributed by atoms with E-state index in [-0.39, 0.29) is 5.41 Å². The Hall–Kier alpha value is -1.61. The normalized spacial score (nSPS) is 18.9. The van der Waals surface area contributed by atoms with Gasteiger partial charge in [-0.3, -0.25) is 4.79 Å². The van der Waals surface area contributed by atoms with Crippen molar-refractivity contribution in [1.29, 1.82) is 0 Å². The van der Waals surface area contributed by atoms with Crippen LogP contribution in [0.3, 0.4) is 0 Å². The van der Waals surface area contributed by atoms with E-state index in [9.17, 15) is 4.79 Å². The zero-order chi connectivity index (χ0) is 13.3. The number of likely N-dealkylation sites (N-methyl/N-ethyl adjacent to an activating group) is 1. The third-order valence-electron chi connectivity index (χ3n) is 4.44. The van der Waals surface area contributed by atoms with Crippen molar-refractivity contribution in [3.63, 3.8) is 0 Å². The van der Waals surface area contributed by atoms with Gasteiger partial charge < -0.3 is 10.3 Å². The minimum atomic E-state index is 0.0995. The third-order valence-corrected chi connectivity index (χ3v) is 4.44. The van der Waals surface area contributed by atoms with Crippen LogP contribution in [-0.4, -0.2) is 24.4 Å². The van der Waals surface area contributed by atoms with Crippen LogP contribution >= 0.6 is 0 Å². The van der Waals surface area contributed by atoms with Crippen LogP contribution < -0.4 is 5.32 Å². The van der Waals surface area contributed by atoms with E-state index >= 15 is 0 Å². The summed E-state index contributed by atoms with van der Waals surface area (Å²) in [6.45, 7) is 0.933. The van der Waals surface area contributed by atoms with Gasteiger partial charge in [-0.05, 0) is 31.5 Å². The average Bonchev–Trinajstić information content (AvgIpc) is 2.86. The molecule has 1 aromatic carbocycles. The lowest BCUT2D eigenvalue weighted by Gasteiger charge is -2.36. The summed E-state index contributed by atoms with van der Waals surface area (Å²) in [5.74, 6) is 0.409. The average molecular weight is 256 g/mol. The first-order valence-corrected chi connectivity index (χ1v) is 6.98. The molecule has 2 N–H and O–H groups in total. The molecule has 100 valence electrons. The Morgan fingerprint density at radius 3 is 2.74 bits per heavy atom. The fourth-order valence-corrected chi connectivity index (χ4v) is 3.40. The summed E-state index contributed by atoms with van der Waals surface area (Å²) in [5, 5.41) is 4.62. The molecular formula is C16H20N2O. The molecule has 1 aliphatic rings. The number of carbonyl (C=O) groups is 1. The van der Waals surface area contributed by atoms with E-state index in [1.807, 2.05) is 7.05 Å². The highest BCUT2D eigenvalue weighted by atomic mass is 16.1. The maximum atomic E-state index is 11.6. The van der Waals surface area contributed by atoms with E-state index in [0.717, 1.165) is 19.4 Å². The van der Waals surface area contributed by atoms with Crippen molar-refractivity contribution in [3.8, 4) is 0 Å². The molecule has 0 saturated heterocycles. The summed E-state index contributed by atoms with van der Waals surface area (Å²) in [7, 11) is 1.99. The predicted molar refractivity (Wildman–Crippen MR) is 77.4 cm³/mol. The molecule has 3 heteroatoms. The van der Waals surface area contributed by atoms with Crippen molar-refractivity contribution in [2.75, 3.05) is 13.6 Å². The Morgan fingerprint density at radius 1 is 1.26 bits per heavy atom. The maximum Gasteiger partial charge on any atom is 0.132 e. The van der Waals surface area contributed by atoms with E-state index in [2.05, 4.69) is 40.8 Å². The molecule has 1 saturated carbocycles. The number of carbonyl (C=O) groups excluding carboxylic acids is 1. The second-order valence-electron chi connectivity index (χ2n) is 5.60. The van der Waals surface area contributed by atoms with E-state index < -0.39 is 0 Å². The minimum absolute atomic E-state index is 0.0995. The van der Waals surface area contributed by atoms with Gasteiger partial charge in [0, 0.05) is 41.9 Å². The number of para-hydroxylation sites is 1. The van der Waals surface area contributed by atoms with Crippen molar-refractivity contribution >= 4 is 16.7 Å². The van der Waals surface area contributed by atoms with Gasteiger partial charge in [0.2, 0.25) is 0 Å². The quantitative estimate of drug-likeness (QED) is 0.887.